The molecule has 3 rings (SSSR count). The van der Waals surface area contributed by atoms with E-state index in [9.17, 15) is 9.59 Å². The topological polar surface area (TPSA) is 58.2 Å². The highest BCUT2D eigenvalue weighted by Crippen LogP contribution is 2.38. The number of nitrogens with one attached hydrogen (secondary N) is 2. The van der Waals surface area contributed by atoms with Crippen molar-refractivity contribution in [2.45, 2.75) is 39.5 Å². The van der Waals surface area contributed by atoms with Crippen molar-refractivity contribution in [3.05, 3.63) is 59.7 Å². The molecule has 2 aromatic rings. The molecular formula is C22H26N2O2. The van der Waals surface area contributed by atoms with E-state index in [1.54, 1.807) is 18.2 Å². The summed E-state index contributed by atoms with van der Waals surface area (Å²) in [5.41, 5.74) is 3.25. The van der Waals surface area contributed by atoms with Gasteiger partial charge in [0.15, 0.2) is 0 Å². The molecule has 1 aliphatic rings. The van der Waals surface area contributed by atoms with Crippen molar-refractivity contribution >= 4 is 23.2 Å². The second-order valence-electron chi connectivity index (χ2n) is 7.14. The summed E-state index contributed by atoms with van der Waals surface area (Å²) >= 11 is 0. The summed E-state index contributed by atoms with van der Waals surface area (Å²) < 4.78 is 0. The van der Waals surface area contributed by atoms with Crippen LogP contribution in [0, 0.1) is 11.8 Å². The van der Waals surface area contributed by atoms with Crippen molar-refractivity contribution in [1.82, 2.24) is 0 Å². The van der Waals surface area contributed by atoms with Crippen LogP contribution in [0.5, 0.6) is 0 Å². The zero-order valence-corrected chi connectivity index (χ0v) is 15.4. The third-order valence-electron chi connectivity index (χ3n) is 4.87. The van der Waals surface area contributed by atoms with Crippen LogP contribution in [0.15, 0.2) is 48.5 Å². The average Bonchev–Trinajstić information content (AvgIpc) is 3.38. The van der Waals surface area contributed by atoms with Gasteiger partial charge in [-0.2, -0.15) is 0 Å². The molecule has 136 valence electrons. The first-order chi connectivity index (χ1) is 12.6. The Morgan fingerprint density at radius 2 is 1.77 bits per heavy atom. The fraction of sp³-hybridized carbons (Fsp3) is 0.364. The molecular weight excluding hydrogens is 324 g/mol. The lowest BCUT2D eigenvalue weighted by Crippen LogP contribution is -2.16. The maximum atomic E-state index is 12.5. The van der Waals surface area contributed by atoms with E-state index in [1.165, 1.54) is 18.4 Å². The minimum atomic E-state index is -0.179. The quantitative estimate of drug-likeness (QED) is 0.748. The predicted molar refractivity (Wildman–Crippen MR) is 105 cm³/mol. The van der Waals surface area contributed by atoms with Crippen molar-refractivity contribution < 1.29 is 9.59 Å². The highest BCUT2D eigenvalue weighted by Gasteiger charge is 2.39. The summed E-state index contributed by atoms with van der Waals surface area (Å²) in [5.74, 6) is 0.431. The van der Waals surface area contributed by atoms with E-state index >= 15 is 0 Å². The average molecular weight is 350 g/mol. The lowest BCUT2D eigenvalue weighted by molar-refractivity contribution is -0.117. The number of amides is 2. The minimum absolute atomic E-state index is 0.0396. The van der Waals surface area contributed by atoms with E-state index in [0.717, 1.165) is 18.5 Å². The molecule has 1 saturated carbocycles. The normalized spacial score (nSPS) is 18.2. The molecule has 0 radical (unpaired) electrons. The summed E-state index contributed by atoms with van der Waals surface area (Å²) in [6.07, 6.45) is 4.35. The molecule has 2 unspecified atom stereocenters. The van der Waals surface area contributed by atoms with Crippen LogP contribution in [-0.2, 0) is 11.2 Å². The molecule has 4 heteroatoms. The van der Waals surface area contributed by atoms with E-state index in [1.807, 2.05) is 18.2 Å². The van der Waals surface area contributed by atoms with Gasteiger partial charge >= 0.3 is 0 Å². The largest absolute Gasteiger partial charge is 0.326 e. The molecule has 0 aromatic heterocycles. The van der Waals surface area contributed by atoms with Gasteiger partial charge in [0.1, 0.15) is 0 Å². The third kappa shape index (κ3) is 4.72. The highest BCUT2D eigenvalue weighted by molar-refractivity contribution is 6.05. The highest BCUT2D eigenvalue weighted by atomic mass is 16.2. The summed E-state index contributed by atoms with van der Waals surface area (Å²) in [6.45, 7) is 4.25. The minimum Gasteiger partial charge on any atom is -0.326 e. The molecule has 2 N–H and O–H groups in total. The van der Waals surface area contributed by atoms with Crippen molar-refractivity contribution in [1.29, 1.82) is 0 Å². The number of rotatable bonds is 7. The smallest absolute Gasteiger partial charge is 0.255 e. The van der Waals surface area contributed by atoms with Crippen LogP contribution < -0.4 is 10.6 Å². The maximum Gasteiger partial charge on any atom is 0.255 e. The van der Waals surface area contributed by atoms with Gasteiger partial charge in [0.2, 0.25) is 5.91 Å². The van der Waals surface area contributed by atoms with E-state index in [0.29, 0.717) is 17.2 Å². The molecule has 2 amide bonds. The Kier molecular flexibility index (Phi) is 5.71. The molecule has 0 saturated heterocycles. The number of carbonyl (C=O) groups is 2. The number of aryl methyl sites for hydroxylation is 1. The van der Waals surface area contributed by atoms with E-state index in [2.05, 4.69) is 36.6 Å². The standard InChI is InChI=1S/C22H26N2O2/c1-3-4-6-16-9-11-18(12-10-16)23-21(25)17-7-5-8-19(14-17)24-22(26)20-13-15(20)2/h5,7-12,14-15,20H,3-4,6,13H2,1-2H3,(H,23,25)(H,24,26). The molecule has 0 heterocycles. The predicted octanol–water partition coefficient (Wildman–Crippen LogP) is 4.88. The molecule has 0 bridgehead atoms. The number of hydrogen-bond acceptors (Lipinski definition) is 2. The van der Waals surface area contributed by atoms with Gasteiger partial charge in [0.05, 0.1) is 0 Å². The van der Waals surface area contributed by atoms with Crippen LogP contribution in [0.2, 0.25) is 0 Å². The third-order valence-corrected chi connectivity index (χ3v) is 4.87. The maximum absolute atomic E-state index is 12.5. The van der Waals surface area contributed by atoms with Crippen LogP contribution in [0.1, 0.15) is 49.0 Å². The zero-order valence-electron chi connectivity index (χ0n) is 15.4. The molecule has 1 aliphatic carbocycles. The summed E-state index contributed by atoms with van der Waals surface area (Å²) in [5, 5.41) is 5.81. The summed E-state index contributed by atoms with van der Waals surface area (Å²) in [7, 11) is 0. The van der Waals surface area contributed by atoms with E-state index in [-0.39, 0.29) is 17.7 Å². The lowest BCUT2D eigenvalue weighted by Gasteiger charge is -2.09. The number of benzene rings is 2. The van der Waals surface area contributed by atoms with Gasteiger partial charge in [-0.3, -0.25) is 9.59 Å². The Morgan fingerprint density at radius 3 is 2.42 bits per heavy atom. The Labute approximate surface area is 155 Å². The summed E-state index contributed by atoms with van der Waals surface area (Å²) in [4.78, 5) is 24.5. The molecule has 2 atom stereocenters. The van der Waals surface area contributed by atoms with Gasteiger partial charge in [-0.05, 0) is 61.1 Å². The molecule has 2 aromatic carbocycles. The van der Waals surface area contributed by atoms with Gasteiger partial charge < -0.3 is 10.6 Å². The van der Waals surface area contributed by atoms with Crippen LogP contribution in [0.4, 0.5) is 11.4 Å². The van der Waals surface area contributed by atoms with E-state index in [4.69, 9.17) is 0 Å². The van der Waals surface area contributed by atoms with Gasteiger partial charge in [-0.25, -0.2) is 0 Å². The molecule has 4 nitrogen and oxygen atoms in total. The first-order valence-corrected chi connectivity index (χ1v) is 9.38. The van der Waals surface area contributed by atoms with Crippen LogP contribution in [0.3, 0.4) is 0 Å². The first-order valence-electron chi connectivity index (χ1n) is 9.38. The number of carbonyl (C=O) groups excluding carboxylic acids is 2. The molecule has 1 fully saturated rings. The second-order valence-corrected chi connectivity index (χ2v) is 7.14. The lowest BCUT2D eigenvalue weighted by atomic mass is 10.1. The SMILES string of the molecule is CCCCc1ccc(NC(=O)c2cccc(NC(=O)C3CC3C)c2)cc1. The Morgan fingerprint density at radius 1 is 1.04 bits per heavy atom. The van der Waals surface area contributed by atoms with Crippen molar-refractivity contribution in [3.8, 4) is 0 Å². The van der Waals surface area contributed by atoms with Crippen molar-refractivity contribution in [2.24, 2.45) is 11.8 Å². The Bertz CT molecular complexity index is 783. The Balaban J connectivity index is 1.60. The number of unbranched alkanes of at least 4 members (excludes halogenated alkanes) is 1. The van der Waals surface area contributed by atoms with Gasteiger partial charge in [0.25, 0.3) is 5.91 Å². The fourth-order valence-corrected chi connectivity index (χ4v) is 3.00. The number of hydrogen-bond donors (Lipinski definition) is 2. The van der Waals surface area contributed by atoms with Crippen molar-refractivity contribution in [2.75, 3.05) is 10.6 Å². The molecule has 0 spiro atoms. The fourth-order valence-electron chi connectivity index (χ4n) is 3.00. The second kappa shape index (κ2) is 8.17. The van der Waals surface area contributed by atoms with Gasteiger partial charge in [0, 0.05) is 22.9 Å². The van der Waals surface area contributed by atoms with Crippen LogP contribution in [0.25, 0.3) is 0 Å². The van der Waals surface area contributed by atoms with Gasteiger partial charge in [-0.15, -0.1) is 0 Å². The molecule has 0 aliphatic heterocycles. The van der Waals surface area contributed by atoms with Crippen molar-refractivity contribution in [3.63, 3.8) is 0 Å². The van der Waals surface area contributed by atoms with Crippen LogP contribution in [-0.4, -0.2) is 11.8 Å². The monoisotopic (exact) mass is 350 g/mol. The number of anilines is 2. The van der Waals surface area contributed by atoms with Gasteiger partial charge in [-0.1, -0.05) is 38.5 Å². The molecule has 26 heavy (non-hydrogen) atoms. The zero-order chi connectivity index (χ0) is 18.5. The first kappa shape index (κ1) is 18.2. The summed E-state index contributed by atoms with van der Waals surface area (Å²) in [6, 6.07) is 15.0. The van der Waals surface area contributed by atoms with E-state index < -0.39 is 0 Å². The Hall–Kier alpha value is -2.62. The van der Waals surface area contributed by atoms with Crippen LogP contribution >= 0.6 is 0 Å².